The molecule has 101 heavy (non-hydrogen) atoms. The Morgan fingerprint density at radius 2 is 0.505 bits per heavy atom. The van der Waals surface area contributed by atoms with Gasteiger partial charge in [0.15, 0.2) is 0 Å². The van der Waals surface area contributed by atoms with Crippen LogP contribution in [0.4, 0.5) is 34.1 Å². The Morgan fingerprint density at radius 1 is 0.218 bits per heavy atom. The van der Waals surface area contributed by atoms with E-state index < -0.39 is 0 Å². The Bertz CT molecular complexity index is 5500. The fraction of sp³-hybridized carbons (Fsp3) is 0.163. The lowest BCUT2D eigenvalue weighted by atomic mass is 9.33. The zero-order valence-electron chi connectivity index (χ0n) is 60.3. The first-order chi connectivity index (χ1) is 48.6. The van der Waals surface area contributed by atoms with Crippen molar-refractivity contribution in [2.75, 3.05) is 9.80 Å². The van der Waals surface area contributed by atoms with Crippen molar-refractivity contribution in [1.29, 1.82) is 0 Å². The summed E-state index contributed by atoms with van der Waals surface area (Å²) >= 11 is 0. The van der Waals surface area contributed by atoms with Crippen LogP contribution in [0.5, 0.6) is 0 Å². The van der Waals surface area contributed by atoms with Gasteiger partial charge in [0.1, 0.15) is 0 Å². The summed E-state index contributed by atoms with van der Waals surface area (Å²) in [5, 5.41) is 7.76. The third-order valence-corrected chi connectivity index (χ3v) is 21.7. The maximum Gasteiger partial charge on any atom is 0.252 e. The van der Waals surface area contributed by atoms with Crippen LogP contribution in [0.2, 0.25) is 0 Å². The average Bonchev–Trinajstić information content (AvgIpc) is 0.686. The molecule has 2 heterocycles. The van der Waals surface area contributed by atoms with Crippen LogP contribution >= 0.6 is 0 Å². The number of fused-ring (bicyclic) bond motifs is 4. The molecule has 2 aliphatic rings. The second-order valence-electron chi connectivity index (χ2n) is 32.6. The maximum absolute atomic E-state index is 2.72. The number of benzene rings is 15. The Hall–Kier alpha value is -11.0. The van der Waals surface area contributed by atoms with Crippen molar-refractivity contribution >= 4 is 89.5 Å². The van der Waals surface area contributed by atoms with Crippen molar-refractivity contribution in [3.8, 4) is 77.9 Å². The molecule has 0 saturated heterocycles. The lowest BCUT2D eigenvalue weighted by molar-refractivity contribution is 0.590. The minimum atomic E-state index is -0.246. The second-order valence-corrected chi connectivity index (χ2v) is 32.6. The molecular formula is C98H85BN2. The van der Waals surface area contributed by atoms with Gasteiger partial charge in [0.25, 0.3) is 6.71 Å². The quantitative estimate of drug-likeness (QED) is 0.105. The van der Waals surface area contributed by atoms with E-state index in [2.05, 4.69) is 390 Å². The third kappa shape index (κ3) is 11.0. The lowest BCUT2D eigenvalue weighted by Gasteiger charge is -2.46. The van der Waals surface area contributed by atoms with E-state index in [1.54, 1.807) is 0 Å². The van der Waals surface area contributed by atoms with E-state index in [-0.39, 0.29) is 28.4 Å². The van der Waals surface area contributed by atoms with E-state index >= 15 is 0 Å². The summed E-state index contributed by atoms with van der Waals surface area (Å²) in [4.78, 5) is 5.42. The fourth-order valence-corrected chi connectivity index (χ4v) is 16.2. The van der Waals surface area contributed by atoms with Gasteiger partial charge in [0.05, 0.1) is 11.4 Å². The summed E-state index contributed by atoms with van der Waals surface area (Å²) in [6, 6.07) is 115. The van der Waals surface area contributed by atoms with Gasteiger partial charge in [-0.2, -0.15) is 0 Å². The molecular weight excluding hydrogens is 1220 g/mol. The maximum atomic E-state index is 2.72. The fourth-order valence-electron chi connectivity index (χ4n) is 16.2. The van der Waals surface area contributed by atoms with Crippen LogP contribution < -0.4 is 26.2 Å². The molecule has 0 spiro atoms. The molecule has 15 aromatic carbocycles. The van der Waals surface area contributed by atoms with E-state index in [0.29, 0.717) is 0 Å². The van der Waals surface area contributed by atoms with Crippen LogP contribution in [0, 0.1) is 0 Å². The lowest BCUT2D eigenvalue weighted by Crippen LogP contribution is -2.61. The van der Waals surface area contributed by atoms with Crippen LogP contribution in [-0.2, 0) is 21.7 Å². The Labute approximate surface area is 597 Å². The van der Waals surface area contributed by atoms with Gasteiger partial charge >= 0.3 is 0 Å². The normalized spacial score (nSPS) is 13.1. The van der Waals surface area contributed by atoms with Crippen molar-refractivity contribution in [2.24, 2.45) is 0 Å². The molecule has 0 amide bonds. The molecule has 2 aliphatic heterocycles. The Morgan fingerprint density at radius 3 is 0.851 bits per heavy atom. The summed E-state index contributed by atoms with van der Waals surface area (Å²) < 4.78 is 0. The average molecular weight is 1300 g/mol. The van der Waals surface area contributed by atoms with Gasteiger partial charge in [-0.05, 0) is 209 Å². The van der Waals surface area contributed by atoms with Gasteiger partial charge < -0.3 is 9.80 Å². The molecule has 0 fully saturated rings. The zero-order chi connectivity index (χ0) is 69.4. The molecule has 0 atom stereocenters. The second kappa shape index (κ2) is 23.9. The van der Waals surface area contributed by atoms with Crippen molar-refractivity contribution in [1.82, 2.24) is 0 Å². The summed E-state index contributed by atoms with van der Waals surface area (Å²) in [6.45, 7) is 27.8. The summed E-state index contributed by atoms with van der Waals surface area (Å²) in [7, 11) is 0. The molecule has 0 aliphatic carbocycles. The van der Waals surface area contributed by atoms with Crippen LogP contribution in [0.15, 0.2) is 297 Å². The van der Waals surface area contributed by atoms with Crippen molar-refractivity contribution < 1.29 is 0 Å². The number of hydrogen-bond donors (Lipinski definition) is 0. The van der Waals surface area contributed by atoms with Crippen LogP contribution in [0.25, 0.3) is 110 Å². The first kappa shape index (κ1) is 63.5. The van der Waals surface area contributed by atoms with Gasteiger partial charge in [-0.15, -0.1) is 0 Å². The van der Waals surface area contributed by atoms with Crippen LogP contribution in [0.1, 0.15) is 105 Å². The van der Waals surface area contributed by atoms with E-state index in [1.807, 2.05) is 0 Å². The van der Waals surface area contributed by atoms with E-state index in [0.717, 1.165) is 67.5 Å². The van der Waals surface area contributed by atoms with Crippen LogP contribution in [-0.4, -0.2) is 6.71 Å². The molecule has 17 rings (SSSR count). The summed E-state index contributed by atoms with van der Waals surface area (Å²) in [5.74, 6) is 0. The monoisotopic (exact) mass is 1300 g/mol. The van der Waals surface area contributed by atoms with Gasteiger partial charge in [0.2, 0.25) is 0 Å². The van der Waals surface area contributed by atoms with Crippen molar-refractivity contribution in [3.63, 3.8) is 0 Å². The van der Waals surface area contributed by atoms with Gasteiger partial charge in [0, 0.05) is 45.0 Å². The molecule has 490 valence electrons. The molecule has 3 heteroatoms. The highest BCUT2D eigenvalue weighted by atomic mass is 15.2. The highest BCUT2D eigenvalue weighted by Gasteiger charge is 2.46. The number of hydrogen-bond acceptors (Lipinski definition) is 2. The predicted molar refractivity (Wildman–Crippen MR) is 437 cm³/mol. The molecule has 15 aromatic rings. The topological polar surface area (TPSA) is 6.48 Å². The summed E-state index contributed by atoms with van der Waals surface area (Å²) in [5.41, 5.74) is 31.9. The highest BCUT2D eigenvalue weighted by molar-refractivity contribution is 7.00. The minimum absolute atomic E-state index is 0.0256. The minimum Gasteiger partial charge on any atom is -0.310 e. The number of nitrogens with zero attached hydrogens (tertiary/aromatic N) is 2. The standard InChI is InChI=1S/C98H85BN2/c1-95(2,3)76-46-42-63(43-47-76)75-56-88-92-89(57-75)101(94-82(66-34-24-16-25-35-66)60-79(98(10,11)12)61-83(94)67-36-26-17-27-37-67)87-49-45-69(74-50-70-38-40-72-52-77(96(4,5)6)53-73-41-39-71(51-74)90(70)91(72)73)55-85(87)99(92)84-54-68(62-28-18-13-19-29-62)44-48-86(84)100(88)93-80(64-30-20-14-21-31-64)58-78(97(7,8)9)59-81(93)65-32-22-15-23-33-65/h13-61H,1-12H3. The summed E-state index contributed by atoms with van der Waals surface area (Å²) in [6.07, 6.45) is 0. The van der Waals surface area contributed by atoms with E-state index in [4.69, 9.17) is 0 Å². The highest BCUT2D eigenvalue weighted by Crippen LogP contribution is 2.56. The van der Waals surface area contributed by atoms with Gasteiger partial charge in [-0.25, -0.2) is 0 Å². The van der Waals surface area contributed by atoms with Gasteiger partial charge in [-0.3, -0.25) is 0 Å². The third-order valence-electron chi connectivity index (χ3n) is 21.7. The zero-order valence-corrected chi connectivity index (χ0v) is 60.3. The Kier molecular flexibility index (Phi) is 15.0. The van der Waals surface area contributed by atoms with Crippen molar-refractivity contribution in [3.05, 3.63) is 320 Å². The van der Waals surface area contributed by atoms with Gasteiger partial charge in [-0.1, -0.05) is 320 Å². The molecule has 0 aromatic heterocycles. The molecule has 0 saturated carbocycles. The molecule has 0 radical (unpaired) electrons. The Balaban J connectivity index is 1.05. The number of anilines is 6. The first-order valence-electron chi connectivity index (χ1n) is 36.2. The SMILES string of the molecule is CC(C)(C)c1ccc(-c2cc3c4c(c2)N(c2c(-c5ccccc5)cc(C(C)(C)C)cc2-c2ccccc2)c2ccc(-c5cc6ccc7cc(C(C)(C)C)cc8ccc(c5)c6c78)cc2B4c2cc(-c4ccccc4)ccc2N3c2c(-c3ccccc3)cc(C(C)(C)C)cc2-c2ccccc2)cc1. The molecule has 0 unspecified atom stereocenters. The predicted octanol–water partition coefficient (Wildman–Crippen LogP) is 25.5. The molecule has 0 N–H and O–H groups in total. The van der Waals surface area contributed by atoms with Crippen LogP contribution in [0.3, 0.4) is 0 Å². The molecule has 2 nitrogen and oxygen atoms in total. The molecule has 0 bridgehead atoms. The smallest absolute Gasteiger partial charge is 0.252 e. The first-order valence-corrected chi connectivity index (χ1v) is 36.2. The largest absolute Gasteiger partial charge is 0.310 e. The van der Waals surface area contributed by atoms with E-state index in [1.165, 1.54) is 115 Å². The van der Waals surface area contributed by atoms with Crippen molar-refractivity contribution in [2.45, 2.75) is 105 Å². The van der Waals surface area contributed by atoms with E-state index in [9.17, 15) is 0 Å². The number of rotatable bonds is 9.